The molecule has 4 heteroatoms. The molecule has 0 bridgehead atoms. The molecular formula is C8H17N3O. The number of nitrogens with zero attached hydrogens (tertiary/aromatic N) is 1. The summed E-state index contributed by atoms with van der Waals surface area (Å²) in [6.45, 7) is 5.11. The lowest BCUT2D eigenvalue weighted by atomic mass is 10.1. The van der Waals surface area contributed by atoms with E-state index in [0.717, 1.165) is 26.1 Å². The number of nitrogens with one attached hydrogen (secondary N) is 1. The summed E-state index contributed by atoms with van der Waals surface area (Å²) in [5, 5.41) is 2.82. The summed E-state index contributed by atoms with van der Waals surface area (Å²) in [7, 11) is 0. The third-order valence-corrected chi connectivity index (χ3v) is 2.13. The van der Waals surface area contributed by atoms with Crippen molar-refractivity contribution >= 4 is 6.03 Å². The van der Waals surface area contributed by atoms with Gasteiger partial charge in [-0.3, -0.25) is 0 Å². The van der Waals surface area contributed by atoms with Gasteiger partial charge >= 0.3 is 6.03 Å². The largest absolute Gasteiger partial charge is 0.338 e. The van der Waals surface area contributed by atoms with E-state index in [4.69, 9.17) is 5.73 Å². The van der Waals surface area contributed by atoms with Crippen molar-refractivity contribution in [2.75, 3.05) is 26.2 Å². The molecule has 1 aliphatic heterocycles. The summed E-state index contributed by atoms with van der Waals surface area (Å²) in [6, 6.07) is 0.0570. The highest BCUT2D eigenvalue weighted by Gasteiger charge is 2.22. The van der Waals surface area contributed by atoms with Gasteiger partial charge in [0.2, 0.25) is 0 Å². The highest BCUT2D eigenvalue weighted by Crippen LogP contribution is 2.05. The summed E-state index contributed by atoms with van der Waals surface area (Å²) < 4.78 is 0. The van der Waals surface area contributed by atoms with Gasteiger partial charge in [-0.15, -0.1) is 0 Å². The second-order valence-corrected chi connectivity index (χ2v) is 3.23. The highest BCUT2D eigenvalue weighted by atomic mass is 16.2. The molecule has 1 rings (SSSR count). The van der Waals surface area contributed by atoms with Crippen LogP contribution in [-0.2, 0) is 0 Å². The van der Waals surface area contributed by atoms with Crippen LogP contribution in [0.3, 0.4) is 0 Å². The first-order valence-electron chi connectivity index (χ1n) is 4.50. The van der Waals surface area contributed by atoms with E-state index in [9.17, 15) is 4.79 Å². The van der Waals surface area contributed by atoms with Crippen LogP contribution >= 0.6 is 0 Å². The molecule has 1 fully saturated rings. The van der Waals surface area contributed by atoms with E-state index in [2.05, 4.69) is 12.2 Å². The summed E-state index contributed by atoms with van der Waals surface area (Å²) in [5.41, 5.74) is 5.53. The predicted molar refractivity (Wildman–Crippen MR) is 47.8 cm³/mol. The van der Waals surface area contributed by atoms with E-state index in [1.807, 2.05) is 4.90 Å². The molecule has 0 radical (unpaired) electrons. The fraction of sp³-hybridized carbons (Fsp3) is 0.875. The van der Waals surface area contributed by atoms with Crippen LogP contribution in [0.15, 0.2) is 0 Å². The Labute approximate surface area is 73.1 Å². The third-order valence-electron chi connectivity index (χ3n) is 2.13. The zero-order valence-corrected chi connectivity index (χ0v) is 7.55. The van der Waals surface area contributed by atoms with Crippen molar-refractivity contribution in [1.82, 2.24) is 10.2 Å². The van der Waals surface area contributed by atoms with Gasteiger partial charge in [0.1, 0.15) is 0 Å². The van der Waals surface area contributed by atoms with E-state index >= 15 is 0 Å². The van der Waals surface area contributed by atoms with Gasteiger partial charge in [-0.1, -0.05) is 6.92 Å². The monoisotopic (exact) mass is 171 g/mol. The van der Waals surface area contributed by atoms with Gasteiger partial charge in [0.15, 0.2) is 0 Å². The zero-order chi connectivity index (χ0) is 8.97. The third kappa shape index (κ3) is 2.11. The summed E-state index contributed by atoms with van der Waals surface area (Å²) in [6.07, 6.45) is 1.00. The molecule has 1 unspecified atom stereocenters. The number of urea groups is 1. The first-order valence-corrected chi connectivity index (χ1v) is 4.50. The lowest BCUT2D eigenvalue weighted by Gasteiger charge is -2.32. The Bertz CT molecular complexity index is 160. The molecule has 1 saturated heterocycles. The maximum Gasteiger partial charge on any atom is 0.317 e. The summed E-state index contributed by atoms with van der Waals surface area (Å²) in [5.74, 6) is 0.425. The van der Waals surface area contributed by atoms with E-state index < -0.39 is 0 Å². The Morgan fingerprint density at radius 1 is 1.75 bits per heavy atom. The zero-order valence-electron chi connectivity index (χ0n) is 7.55. The molecule has 70 valence electrons. The molecule has 4 nitrogen and oxygen atoms in total. The molecule has 2 amide bonds. The molecule has 12 heavy (non-hydrogen) atoms. The Kier molecular flexibility index (Phi) is 3.34. The first kappa shape index (κ1) is 9.32. The first-order chi connectivity index (χ1) is 5.77. The Morgan fingerprint density at radius 3 is 3.08 bits per heavy atom. The standard InChI is InChI=1S/C8H17N3O/c1-2-3-11-6-7(4-9)5-10-8(11)12/h7H,2-6,9H2,1H3,(H,10,12). The van der Waals surface area contributed by atoms with Crippen LogP contribution in [0.4, 0.5) is 4.79 Å². The van der Waals surface area contributed by atoms with Crippen LogP contribution in [0.5, 0.6) is 0 Å². The van der Waals surface area contributed by atoms with Gasteiger partial charge in [-0.2, -0.15) is 0 Å². The van der Waals surface area contributed by atoms with Crippen LogP contribution in [-0.4, -0.2) is 37.1 Å². The molecule has 1 heterocycles. The summed E-state index contributed by atoms with van der Waals surface area (Å²) >= 11 is 0. The molecule has 1 aliphatic rings. The maximum atomic E-state index is 11.2. The number of amides is 2. The number of nitrogens with two attached hydrogens (primary N) is 1. The fourth-order valence-electron chi connectivity index (χ4n) is 1.42. The van der Waals surface area contributed by atoms with Crippen molar-refractivity contribution in [3.05, 3.63) is 0 Å². The topological polar surface area (TPSA) is 58.4 Å². The number of hydrogen-bond acceptors (Lipinski definition) is 2. The van der Waals surface area contributed by atoms with E-state index in [-0.39, 0.29) is 6.03 Å². The van der Waals surface area contributed by atoms with Gasteiger partial charge in [-0.05, 0) is 13.0 Å². The van der Waals surface area contributed by atoms with Gasteiger partial charge in [-0.25, -0.2) is 4.79 Å². The van der Waals surface area contributed by atoms with E-state index in [1.54, 1.807) is 0 Å². The molecule has 1 atom stereocenters. The van der Waals surface area contributed by atoms with Gasteiger partial charge < -0.3 is 16.0 Å². The average molecular weight is 171 g/mol. The number of carbonyl (C=O) groups is 1. The molecule has 0 aromatic heterocycles. The number of rotatable bonds is 3. The van der Waals surface area contributed by atoms with Crippen molar-refractivity contribution in [1.29, 1.82) is 0 Å². The predicted octanol–water partition coefficient (Wildman–Crippen LogP) is -0.00350. The molecule has 0 aromatic rings. The Morgan fingerprint density at radius 2 is 2.50 bits per heavy atom. The molecule has 0 spiro atoms. The van der Waals surface area contributed by atoms with E-state index in [1.165, 1.54) is 0 Å². The second-order valence-electron chi connectivity index (χ2n) is 3.23. The highest BCUT2D eigenvalue weighted by molar-refractivity contribution is 5.74. The molecular weight excluding hydrogens is 154 g/mol. The Balaban J connectivity index is 2.41. The van der Waals surface area contributed by atoms with Crippen LogP contribution in [0.1, 0.15) is 13.3 Å². The summed E-state index contributed by atoms with van der Waals surface area (Å²) in [4.78, 5) is 13.1. The van der Waals surface area contributed by atoms with Gasteiger partial charge in [0.25, 0.3) is 0 Å². The van der Waals surface area contributed by atoms with Gasteiger partial charge in [0, 0.05) is 25.6 Å². The normalized spacial score (nSPS) is 24.0. The van der Waals surface area contributed by atoms with Crippen molar-refractivity contribution in [3.63, 3.8) is 0 Å². The number of hydrogen-bond donors (Lipinski definition) is 2. The molecule has 0 saturated carbocycles. The molecule has 0 aromatic carbocycles. The van der Waals surface area contributed by atoms with Crippen molar-refractivity contribution in [2.45, 2.75) is 13.3 Å². The SMILES string of the molecule is CCCN1CC(CN)CNC1=O. The minimum absolute atomic E-state index is 0.0570. The van der Waals surface area contributed by atoms with Crippen molar-refractivity contribution < 1.29 is 4.79 Å². The fourth-order valence-corrected chi connectivity index (χ4v) is 1.42. The minimum atomic E-state index is 0.0570. The van der Waals surface area contributed by atoms with Crippen LogP contribution in [0, 0.1) is 5.92 Å². The molecule has 0 aliphatic carbocycles. The van der Waals surface area contributed by atoms with Crippen molar-refractivity contribution in [3.8, 4) is 0 Å². The van der Waals surface area contributed by atoms with Crippen LogP contribution in [0.25, 0.3) is 0 Å². The average Bonchev–Trinajstić information content (AvgIpc) is 2.09. The second kappa shape index (κ2) is 4.30. The lowest BCUT2D eigenvalue weighted by Crippen LogP contribution is -2.52. The quantitative estimate of drug-likeness (QED) is 0.627. The van der Waals surface area contributed by atoms with Crippen molar-refractivity contribution in [2.24, 2.45) is 11.7 Å². The maximum absolute atomic E-state index is 11.2. The van der Waals surface area contributed by atoms with E-state index in [0.29, 0.717) is 12.5 Å². The lowest BCUT2D eigenvalue weighted by molar-refractivity contribution is 0.169. The number of carbonyl (C=O) groups excluding carboxylic acids is 1. The smallest absolute Gasteiger partial charge is 0.317 e. The molecule has 3 N–H and O–H groups in total. The van der Waals surface area contributed by atoms with Gasteiger partial charge in [0.05, 0.1) is 0 Å². The van der Waals surface area contributed by atoms with Crippen LogP contribution < -0.4 is 11.1 Å². The Hall–Kier alpha value is -0.770. The van der Waals surface area contributed by atoms with Crippen LogP contribution in [0.2, 0.25) is 0 Å². The minimum Gasteiger partial charge on any atom is -0.338 e.